The van der Waals surface area contributed by atoms with Gasteiger partial charge in [0, 0.05) is 7.05 Å². The highest BCUT2D eigenvalue weighted by Crippen LogP contribution is 2.18. The molecule has 0 bridgehead atoms. The highest BCUT2D eigenvalue weighted by Gasteiger charge is 2.37. The van der Waals surface area contributed by atoms with Crippen LogP contribution in [-0.4, -0.2) is 52.0 Å². The smallest absolute Gasteiger partial charge is 0.410 e. The summed E-state index contributed by atoms with van der Waals surface area (Å²) in [5.41, 5.74) is -0.726. The van der Waals surface area contributed by atoms with Gasteiger partial charge in [0.15, 0.2) is 6.04 Å². The Morgan fingerprint density at radius 1 is 1.33 bits per heavy atom. The topological polar surface area (TPSA) is 87.1 Å². The van der Waals surface area contributed by atoms with Crippen molar-refractivity contribution in [2.75, 3.05) is 7.05 Å². The highest BCUT2D eigenvalue weighted by atomic mass is 16.6. The fourth-order valence-corrected chi connectivity index (χ4v) is 1.79. The SMILES string of the molecule is C/C=C/C[C@@H](C)[C@@H](O)[C@@H](C(=O)O)N(C)C(=O)OC(C)(C)C. The monoisotopic (exact) mass is 301 g/mol. The van der Waals surface area contributed by atoms with Crippen molar-refractivity contribution >= 4 is 12.1 Å². The quantitative estimate of drug-likeness (QED) is 0.735. The van der Waals surface area contributed by atoms with Crippen LogP contribution < -0.4 is 0 Å². The van der Waals surface area contributed by atoms with E-state index in [1.54, 1.807) is 27.7 Å². The minimum absolute atomic E-state index is 0.299. The fraction of sp³-hybridized carbons (Fsp3) is 0.733. The van der Waals surface area contributed by atoms with E-state index in [9.17, 15) is 19.8 Å². The molecular formula is C15H27NO5. The van der Waals surface area contributed by atoms with E-state index in [4.69, 9.17) is 4.74 Å². The molecule has 0 aromatic carbocycles. The number of ether oxygens (including phenoxy) is 1. The van der Waals surface area contributed by atoms with E-state index in [1.165, 1.54) is 7.05 Å². The first kappa shape index (κ1) is 19.4. The van der Waals surface area contributed by atoms with Crippen LogP contribution >= 0.6 is 0 Å². The predicted molar refractivity (Wildman–Crippen MR) is 80.0 cm³/mol. The summed E-state index contributed by atoms with van der Waals surface area (Å²) < 4.78 is 5.14. The molecule has 0 spiro atoms. The van der Waals surface area contributed by atoms with Gasteiger partial charge in [0.25, 0.3) is 0 Å². The molecule has 2 N–H and O–H groups in total. The molecule has 1 amide bonds. The molecule has 0 unspecified atom stereocenters. The Hall–Kier alpha value is -1.56. The van der Waals surface area contributed by atoms with Gasteiger partial charge in [-0.15, -0.1) is 0 Å². The first-order valence-electron chi connectivity index (χ1n) is 6.99. The van der Waals surface area contributed by atoms with Gasteiger partial charge in [0.1, 0.15) is 5.60 Å². The molecule has 0 rings (SSSR count). The summed E-state index contributed by atoms with van der Waals surface area (Å²) in [5.74, 6) is -1.56. The summed E-state index contributed by atoms with van der Waals surface area (Å²) in [4.78, 5) is 24.3. The van der Waals surface area contributed by atoms with Crippen molar-refractivity contribution in [3.63, 3.8) is 0 Å². The molecule has 0 fully saturated rings. The predicted octanol–water partition coefficient (Wildman–Crippen LogP) is 2.27. The Balaban J connectivity index is 5.04. The third kappa shape index (κ3) is 6.62. The van der Waals surface area contributed by atoms with Crippen LogP contribution in [0.5, 0.6) is 0 Å². The minimum Gasteiger partial charge on any atom is -0.480 e. The number of hydrogen-bond acceptors (Lipinski definition) is 4. The second-order valence-corrected chi connectivity index (χ2v) is 6.15. The summed E-state index contributed by atoms with van der Waals surface area (Å²) in [5, 5.41) is 19.5. The zero-order valence-electron chi connectivity index (χ0n) is 13.7. The Morgan fingerprint density at radius 2 is 1.86 bits per heavy atom. The molecule has 122 valence electrons. The molecule has 21 heavy (non-hydrogen) atoms. The molecule has 0 aromatic heterocycles. The maximum absolute atomic E-state index is 12.0. The highest BCUT2D eigenvalue weighted by molar-refractivity contribution is 5.80. The Bertz CT molecular complexity index is 386. The molecule has 0 aliphatic heterocycles. The van der Waals surface area contributed by atoms with Crippen LogP contribution in [0, 0.1) is 5.92 Å². The van der Waals surface area contributed by atoms with Crippen LogP contribution in [-0.2, 0) is 9.53 Å². The molecule has 0 aromatic rings. The normalized spacial score (nSPS) is 16.3. The lowest BCUT2D eigenvalue weighted by Crippen LogP contribution is -2.52. The lowest BCUT2D eigenvalue weighted by atomic mass is 9.94. The average Bonchev–Trinajstić information content (AvgIpc) is 2.33. The molecule has 0 saturated heterocycles. The molecule has 0 radical (unpaired) electrons. The number of allylic oxidation sites excluding steroid dienone is 2. The first-order valence-corrected chi connectivity index (χ1v) is 6.99. The Labute approximate surface area is 126 Å². The van der Waals surface area contributed by atoms with Crippen molar-refractivity contribution in [2.24, 2.45) is 5.92 Å². The van der Waals surface area contributed by atoms with Crippen molar-refractivity contribution in [2.45, 2.75) is 58.8 Å². The molecular weight excluding hydrogens is 274 g/mol. The first-order chi connectivity index (χ1) is 9.51. The van der Waals surface area contributed by atoms with E-state index < -0.39 is 29.8 Å². The van der Waals surface area contributed by atoms with Crippen LogP contribution in [0.25, 0.3) is 0 Å². The third-order valence-electron chi connectivity index (χ3n) is 3.00. The summed E-state index contributed by atoms with van der Waals surface area (Å²) in [6, 6.07) is -1.35. The van der Waals surface area contributed by atoms with Crippen LogP contribution in [0.3, 0.4) is 0 Å². The van der Waals surface area contributed by atoms with Gasteiger partial charge < -0.3 is 14.9 Å². The van der Waals surface area contributed by atoms with Crippen molar-refractivity contribution in [1.82, 2.24) is 4.90 Å². The number of aliphatic hydroxyl groups excluding tert-OH is 1. The molecule has 6 nitrogen and oxygen atoms in total. The van der Waals surface area contributed by atoms with Gasteiger partial charge in [-0.25, -0.2) is 9.59 Å². The van der Waals surface area contributed by atoms with Gasteiger partial charge in [0.2, 0.25) is 0 Å². The van der Waals surface area contributed by atoms with Crippen molar-refractivity contribution < 1.29 is 24.5 Å². The Kier molecular flexibility index (Phi) is 7.43. The van der Waals surface area contributed by atoms with Gasteiger partial charge in [-0.05, 0) is 40.0 Å². The number of carboxylic acids is 1. The number of likely N-dealkylation sites (N-methyl/N-ethyl adjacent to an activating group) is 1. The maximum atomic E-state index is 12.0. The minimum atomic E-state index is -1.35. The lowest BCUT2D eigenvalue weighted by Gasteiger charge is -2.32. The summed E-state index contributed by atoms with van der Waals surface area (Å²) in [7, 11) is 1.32. The summed E-state index contributed by atoms with van der Waals surface area (Å²) >= 11 is 0. The number of carbonyl (C=O) groups is 2. The van der Waals surface area contributed by atoms with Crippen LogP contribution in [0.4, 0.5) is 4.79 Å². The van der Waals surface area contributed by atoms with E-state index in [2.05, 4.69) is 0 Å². The molecule has 0 heterocycles. The number of amides is 1. The van der Waals surface area contributed by atoms with Gasteiger partial charge in [-0.2, -0.15) is 0 Å². The van der Waals surface area contributed by atoms with Crippen LogP contribution in [0.1, 0.15) is 41.0 Å². The second-order valence-electron chi connectivity index (χ2n) is 6.15. The number of carbonyl (C=O) groups excluding carboxylic acids is 1. The maximum Gasteiger partial charge on any atom is 0.410 e. The number of nitrogens with zero attached hydrogens (tertiary/aromatic N) is 1. The molecule has 0 aliphatic carbocycles. The van der Waals surface area contributed by atoms with Crippen molar-refractivity contribution in [3.8, 4) is 0 Å². The van der Waals surface area contributed by atoms with Gasteiger partial charge >= 0.3 is 12.1 Å². The largest absolute Gasteiger partial charge is 0.480 e. The van der Waals surface area contributed by atoms with Crippen LogP contribution in [0.2, 0.25) is 0 Å². The third-order valence-corrected chi connectivity index (χ3v) is 3.00. The number of aliphatic carboxylic acids is 1. The van der Waals surface area contributed by atoms with E-state index >= 15 is 0 Å². The number of aliphatic hydroxyl groups is 1. The molecule has 3 atom stereocenters. The zero-order valence-corrected chi connectivity index (χ0v) is 13.7. The molecule has 6 heteroatoms. The van der Waals surface area contributed by atoms with Gasteiger partial charge in [-0.3, -0.25) is 4.90 Å². The Morgan fingerprint density at radius 3 is 2.24 bits per heavy atom. The number of carboxylic acid groups (broad SMARTS) is 1. The van der Waals surface area contributed by atoms with E-state index in [0.29, 0.717) is 6.42 Å². The number of rotatable bonds is 6. The van der Waals surface area contributed by atoms with E-state index in [1.807, 2.05) is 19.1 Å². The van der Waals surface area contributed by atoms with Crippen LogP contribution in [0.15, 0.2) is 12.2 Å². The van der Waals surface area contributed by atoms with Crippen molar-refractivity contribution in [1.29, 1.82) is 0 Å². The zero-order chi connectivity index (χ0) is 16.8. The standard InChI is InChI=1S/C15H27NO5/c1-7-8-9-10(2)12(17)11(13(18)19)16(6)14(20)21-15(3,4)5/h7-8,10-12,17H,9H2,1-6H3,(H,18,19)/b8-7+/t10-,11+,12-/m1/s1. The lowest BCUT2D eigenvalue weighted by molar-refractivity contribution is -0.148. The average molecular weight is 301 g/mol. The summed E-state index contributed by atoms with van der Waals surface area (Å²) in [6.07, 6.45) is 2.25. The number of hydrogen-bond donors (Lipinski definition) is 2. The van der Waals surface area contributed by atoms with E-state index in [0.717, 1.165) is 4.90 Å². The summed E-state index contributed by atoms with van der Waals surface area (Å²) in [6.45, 7) is 8.67. The molecule has 0 aliphatic rings. The fourth-order valence-electron chi connectivity index (χ4n) is 1.79. The second kappa shape index (κ2) is 8.02. The van der Waals surface area contributed by atoms with Gasteiger partial charge in [-0.1, -0.05) is 19.1 Å². The van der Waals surface area contributed by atoms with Crippen molar-refractivity contribution in [3.05, 3.63) is 12.2 Å². The van der Waals surface area contributed by atoms with E-state index in [-0.39, 0.29) is 5.92 Å². The molecule has 0 saturated carbocycles. The van der Waals surface area contributed by atoms with Gasteiger partial charge in [0.05, 0.1) is 6.10 Å².